The Morgan fingerprint density at radius 3 is 2.25 bits per heavy atom. The van der Waals surface area contributed by atoms with Gasteiger partial charge in [-0.1, -0.05) is 11.6 Å². The third-order valence-electron chi connectivity index (χ3n) is 2.57. The van der Waals surface area contributed by atoms with E-state index in [0.717, 1.165) is 11.4 Å². The van der Waals surface area contributed by atoms with Crippen LogP contribution in [0.4, 0.5) is 5.69 Å². The third kappa shape index (κ3) is 4.17. The molecule has 0 unspecified atom stereocenters. The molecule has 4 nitrogen and oxygen atoms in total. The number of hydrogen-bond acceptors (Lipinski definition) is 4. The fraction of sp³-hybridized carbons (Fsp3) is 0.133. The molecular weight excluding hydrogens is 278 g/mol. The van der Waals surface area contributed by atoms with E-state index in [1.54, 1.807) is 31.4 Å². The Bertz CT molecular complexity index is 567. The summed E-state index contributed by atoms with van der Waals surface area (Å²) in [5, 5.41) is 3.57. The second-order valence-electron chi connectivity index (χ2n) is 4.01. The Labute approximate surface area is 122 Å². The molecule has 0 radical (unpaired) electrons. The first-order valence-electron chi connectivity index (χ1n) is 6.01. The van der Waals surface area contributed by atoms with Crippen LogP contribution >= 0.6 is 11.6 Å². The fourth-order valence-corrected chi connectivity index (χ4v) is 1.68. The summed E-state index contributed by atoms with van der Waals surface area (Å²) in [5.41, 5.74) is 0.818. The highest BCUT2D eigenvalue weighted by Gasteiger charge is 2.04. The molecule has 0 spiro atoms. The average molecular weight is 292 g/mol. The van der Waals surface area contributed by atoms with Gasteiger partial charge in [-0.05, 0) is 48.5 Å². The maximum absolute atomic E-state index is 11.7. The van der Waals surface area contributed by atoms with Crippen LogP contribution in [0.2, 0.25) is 5.02 Å². The van der Waals surface area contributed by atoms with Crippen LogP contribution in [0.15, 0.2) is 48.5 Å². The van der Waals surface area contributed by atoms with Crippen molar-refractivity contribution in [2.45, 2.75) is 0 Å². The number of methoxy groups -OCH3 is 1. The molecular formula is C15H14ClNO3. The summed E-state index contributed by atoms with van der Waals surface area (Å²) in [6, 6.07) is 13.9. The molecule has 0 amide bonds. The van der Waals surface area contributed by atoms with Crippen molar-refractivity contribution in [3.05, 3.63) is 53.6 Å². The van der Waals surface area contributed by atoms with Crippen molar-refractivity contribution in [2.75, 3.05) is 19.0 Å². The van der Waals surface area contributed by atoms with Crippen molar-refractivity contribution in [2.24, 2.45) is 0 Å². The molecule has 0 aliphatic heterocycles. The van der Waals surface area contributed by atoms with E-state index < -0.39 is 0 Å². The number of esters is 1. The highest BCUT2D eigenvalue weighted by molar-refractivity contribution is 6.30. The number of benzene rings is 2. The second kappa shape index (κ2) is 6.82. The number of carbonyl (C=O) groups is 1. The summed E-state index contributed by atoms with van der Waals surface area (Å²) < 4.78 is 10.2. The summed E-state index contributed by atoms with van der Waals surface area (Å²) in [4.78, 5) is 11.7. The predicted octanol–water partition coefficient (Wildman–Crippen LogP) is 3.37. The van der Waals surface area contributed by atoms with Crippen LogP contribution in [0.1, 0.15) is 0 Å². The molecule has 0 aromatic heterocycles. The number of ether oxygens (including phenoxy) is 2. The van der Waals surface area contributed by atoms with Gasteiger partial charge in [0.2, 0.25) is 0 Å². The predicted molar refractivity (Wildman–Crippen MR) is 78.6 cm³/mol. The van der Waals surface area contributed by atoms with Crippen LogP contribution < -0.4 is 14.8 Å². The van der Waals surface area contributed by atoms with Gasteiger partial charge in [-0.2, -0.15) is 0 Å². The van der Waals surface area contributed by atoms with E-state index in [1.165, 1.54) is 0 Å². The molecule has 2 aromatic rings. The monoisotopic (exact) mass is 291 g/mol. The van der Waals surface area contributed by atoms with Crippen molar-refractivity contribution >= 4 is 23.3 Å². The number of halogens is 1. The van der Waals surface area contributed by atoms with Crippen LogP contribution in [0.25, 0.3) is 0 Å². The molecule has 0 saturated carbocycles. The van der Waals surface area contributed by atoms with Gasteiger partial charge in [-0.3, -0.25) is 0 Å². The van der Waals surface area contributed by atoms with Crippen LogP contribution in [0, 0.1) is 0 Å². The molecule has 20 heavy (non-hydrogen) atoms. The molecule has 0 saturated heterocycles. The van der Waals surface area contributed by atoms with E-state index in [0.29, 0.717) is 10.8 Å². The molecule has 0 bridgehead atoms. The highest BCUT2D eigenvalue weighted by Crippen LogP contribution is 2.16. The molecule has 2 rings (SSSR count). The highest BCUT2D eigenvalue weighted by atomic mass is 35.5. The lowest BCUT2D eigenvalue weighted by Gasteiger charge is -2.07. The molecule has 5 heteroatoms. The summed E-state index contributed by atoms with van der Waals surface area (Å²) in [6.45, 7) is 0.0783. The topological polar surface area (TPSA) is 47.6 Å². The van der Waals surface area contributed by atoms with Crippen LogP contribution in [0.3, 0.4) is 0 Å². The Hall–Kier alpha value is -2.20. The third-order valence-corrected chi connectivity index (χ3v) is 2.82. The SMILES string of the molecule is COc1ccc(NCC(=O)Oc2ccc(Cl)cc2)cc1. The Morgan fingerprint density at radius 2 is 1.65 bits per heavy atom. The summed E-state index contributed by atoms with van der Waals surface area (Å²) >= 11 is 5.75. The van der Waals surface area contributed by atoms with E-state index in [4.69, 9.17) is 21.1 Å². The lowest BCUT2D eigenvalue weighted by molar-refractivity contribution is -0.132. The van der Waals surface area contributed by atoms with Gasteiger partial charge in [0.15, 0.2) is 0 Å². The molecule has 1 N–H and O–H groups in total. The molecule has 0 fully saturated rings. The van der Waals surface area contributed by atoms with Crippen molar-refractivity contribution < 1.29 is 14.3 Å². The zero-order chi connectivity index (χ0) is 14.4. The number of anilines is 1. The van der Waals surface area contributed by atoms with Crippen molar-refractivity contribution in [3.8, 4) is 11.5 Å². The largest absolute Gasteiger partial charge is 0.497 e. The zero-order valence-electron chi connectivity index (χ0n) is 10.9. The van der Waals surface area contributed by atoms with Crippen LogP contribution in [0.5, 0.6) is 11.5 Å². The lowest BCUT2D eigenvalue weighted by Crippen LogP contribution is -2.19. The summed E-state index contributed by atoms with van der Waals surface area (Å²) in [6.07, 6.45) is 0. The van der Waals surface area contributed by atoms with E-state index in [2.05, 4.69) is 5.32 Å². The van der Waals surface area contributed by atoms with E-state index in [1.807, 2.05) is 24.3 Å². The quantitative estimate of drug-likeness (QED) is 0.678. The molecule has 2 aromatic carbocycles. The van der Waals surface area contributed by atoms with Crippen molar-refractivity contribution in [3.63, 3.8) is 0 Å². The smallest absolute Gasteiger partial charge is 0.330 e. The van der Waals surface area contributed by atoms with Crippen molar-refractivity contribution in [1.29, 1.82) is 0 Å². The minimum atomic E-state index is -0.372. The van der Waals surface area contributed by atoms with Gasteiger partial charge in [0.1, 0.15) is 18.0 Å². The maximum Gasteiger partial charge on any atom is 0.330 e. The van der Waals surface area contributed by atoms with Gasteiger partial charge in [-0.15, -0.1) is 0 Å². The summed E-state index contributed by atoms with van der Waals surface area (Å²) in [5.74, 6) is 0.860. The first kappa shape index (κ1) is 14.2. The zero-order valence-corrected chi connectivity index (χ0v) is 11.7. The molecule has 104 valence electrons. The fourth-order valence-electron chi connectivity index (χ4n) is 1.55. The van der Waals surface area contributed by atoms with Crippen molar-refractivity contribution in [1.82, 2.24) is 0 Å². The molecule has 0 atom stereocenters. The minimum absolute atomic E-state index is 0.0783. The van der Waals surface area contributed by atoms with E-state index in [9.17, 15) is 4.79 Å². The first-order valence-corrected chi connectivity index (χ1v) is 6.39. The number of carbonyl (C=O) groups excluding carboxylic acids is 1. The standard InChI is InChI=1S/C15H14ClNO3/c1-19-13-8-4-12(5-9-13)17-10-15(18)20-14-6-2-11(16)3-7-14/h2-9,17H,10H2,1H3. The van der Waals surface area contributed by atoms with Gasteiger partial charge in [-0.25, -0.2) is 4.79 Å². The van der Waals surface area contributed by atoms with Gasteiger partial charge >= 0.3 is 5.97 Å². The molecule has 0 aliphatic carbocycles. The first-order chi connectivity index (χ1) is 9.67. The second-order valence-corrected chi connectivity index (χ2v) is 4.45. The van der Waals surface area contributed by atoms with Gasteiger partial charge < -0.3 is 14.8 Å². The van der Waals surface area contributed by atoms with Gasteiger partial charge in [0.25, 0.3) is 0 Å². The normalized spacial score (nSPS) is 9.90. The summed E-state index contributed by atoms with van der Waals surface area (Å²) in [7, 11) is 1.60. The van der Waals surface area contributed by atoms with Gasteiger partial charge in [0.05, 0.1) is 7.11 Å². The van der Waals surface area contributed by atoms with E-state index >= 15 is 0 Å². The Balaban J connectivity index is 1.83. The molecule has 0 aliphatic rings. The minimum Gasteiger partial charge on any atom is -0.497 e. The Kier molecular flexibility index (Phi) is 4.85. The average Bonchev–Trinajstić information content (AvgIpc) is 2.48. The van der Waals surface area contributed by atoms with Crippen LogP contribution in [-0.2, 0) is 4.79 Å². The maximum atomic E-state index is 11.7. The van der Waals surface area contributed by atoms with E-state index in [-0.39, 0.29) is 12.5 Å². The number of nitrogens with one attached hydrogen (secondary N) is 1. The van der Waals surface area contributed by atoms with Gasteiger partial charge in [0, 0.05) is 10.7 Å². The molecule has 0 heterocycles. The number of rotatable bonds is 5. The number of hydrogen-bond donors (Lipinski definition) is 1. The lowest BCUT2D eigenvalue weighted by atomic mass is 10.3. The Morgan fingerprint density at radius 1 is 1.05 bits per heavy atom. The van der Waals surface area contributed by atoms with Crippen LogP contribution in [-0.4, -0.2) is 19.6 Å².